The third kappa shape index (κ3) is 2.21. The van der Waals surface area contributed by atoms with Crippen LogP contribution in [0.1, 0.15) is 25.3 Å². The molecule has 5 heteroatoms. The number of nitrogens with zero attached hydrogens (tertiary/aromatic N) is 2. The summed E-state index contributed by atoms with van der Waals surface area (Å²) in [5, 5.41) is 7.19. The number of ether oxygens (including phenoxy) is 1. The highest BCUT2D eigenvalue weighted by atomic mass is 16.5. The summed E-state index contributed by atoms with van der Waals surface area (Å²) in [6.07, 6.45) is 5.41. The normalized spacial score (nSPS) is 22.8. The summed E-state index contributed by atoms with van der Waals surface area (Å²) < 4.78 is 7.33. The lowest BCUT2D eigenvalue weighted by Crippen LogP contribution is -2.43. The first-order valence-electron chi connectivity index (χ1n) is 6.52. The second-order valence-corrected chi connectivity index (χ2v) is 5.07. The highest BCUT2D eigenvalue weighted by Crippen LogP contribution is 2.25. The number of pyridine rings is 1. The standard InChI is InChI=1S/C14H17N3O2/c1-14(6-4-8-19-14)13(18)15-9-11-10-16-17-7-3-2-5-12(11)17/h2-3,5,7,10H,4,6,8-9H2,1H3,(H,15,18)/t14-/m0/s1. The van der Waals surface area contributed by atoms with Crippen molar-refractivity contribution in [1.82, 2.24) is 14.9 Å². The predicted octanol–water partition coefficient (Wildman–Crippen LogP) is 1.52. The molecule has 1 saturated heterocycles. The maximum Gasteiger partial charge on any atom is 0.252 e. The van der Waals surface area contributed by atoms with Crippen LogP contribution in [0.4, 0.5) is 0 Å². The van der Waals surface area contributed by atoms with Gasteiger partial charge in [-0.2, -0.15) is 5.10 Å². The van der Waals surface area contributed by atoms with Crippen molar-refractivity contribution < 1.29 is 9.53 Å². The van der Waals surface area contributed by atoms with Crippen molar-refractivity contribution in [2.24, 2.45) is 0 Å². The molecular weight excluding hydrogens is 242 g/mol. The van der Waals surface area contributed by atoms with E-state index in [1.54, 1.807) is 10.7 Å². The topological polar surface area (TPSA) is 55.6 Å². The molecule has 100 valence electrons. The molecule has 3 rings (SSSR count). The smallest absolute Gasteiger partial charge is 0.252 e. The van der Waals surface area contributed by atoms with Crippen LogP contribution in [0.15, 0.2) is 30.6 Å². The number of rotatable bonds is 3. The minimum atomic E-state index is -0.664. The third-order valence-corrected chi connectivity index (χ3v) is 3.64. The van der Waals surface area contributed by atoms with Gasteiger partial charge in [-0.15, -0.1) is 0 Å². The van der Waals surface area contributed by atoms with E-state index in [-0.39, 0.29) is 5.91 Å². The number of carbonyl (C=O) groups is 1. The molecule has 0 aromatic carbocycles. The first-order valence-corrected chi connectivity index (χ1v) is 6.52. The van der Waals surface area contributed by atoms with Gasteiger partial charge in [0.25, 0.3) is 5.91 Å². The first-order chi connectivity index (χ1) is 9.19. The molecule has 5 nitrogen and oxygen atoms in total. The summed E-state index contributed by atoms with van der Waals surface area (Å²) in [6.45, 7) is 3.00. The van der Waals surface area contributed by atoms with Crippen LogP contribution < -0.4 is 5.32 Å². The fourth-order valence-electron chi connectivity index (χ4n) is 2.44. The van der Waals surface area contributed by atoms with Crippen molar-refractivity contribution in [3.05, 3.63) is 36.2 Å². The van der Waals surface area contributed by atoms with Crippen molar-refractivity contribution in [2.75, 3.05) is 6.61 Å². The SMILES string of the molecule is C[C@@]1(C(=O)NCc2cnn3ccccc23)CCCO1. The van der Waals surface area contributed by atoms with Crippen molar-refractivity contribution in [3.63, 3.8) is 0 Å². The molecule has 2 aromatic heterocycles. The average Bonchev–Trinajstić information content (AvgIpc) is 3.03. The molecule has 19 heavy (non-hydrogen) atoms. The Labute approximate surface area is 111 Å². The Hall–Kier alpha value is -1.88. The number of amides is 1. The van der Waals surface area contributed by atoms with E-state index in [9.17, 15) is 4.79 Å². The van der Waals surface area contributed by atoms with Crippen LogP contribution in [0.2, 0.25) is 0 Å². The van der Waals surface area contributed by atoms with Crippen LogP contribution in [0.5, 0.6) is 0 Å². The zero-order chi connectivity index (χ0) is 13.3. The number of carbonyl (C=O) groups excluding carboxylic acids is 1. The molecule has 1 aliphatic rings. The van der Waals surface area contributed by atoms with Gasteiger partial charge in [0.15, 0.2) is 0 Å². The van der Waals surface area contributed by atoms with Gasteiger partial charge in [0.1, 0.15) is 5.60 Å². The highest BCUT2D eigenvalue weighted by molar-refractivity contribution is 5.85. The lowest BCUT2D eigenvalue weighted by molar-refractivity contribution is -0.139. The number of fused-ring (bicyclic) bond motifs is 1. The van der Waals surface area contributed by atoms with Gasteiger partial charge in [-0.1, -0.05) is 6.07 Å². The zero-order valence-electron chi connectivity index (χ0n) is 10.9. The number of aromatic nitrogens is 2. The summed E-state index contributed by atoms with van der Waals surface area (Å²) in [4.78, 5) is 12.1. The number of nitrogens with one attached hydrogen (secondary N) is 1. The molecule has 1 atom stereocenters. The molecular formula is C14H17N3O2. The van der Waals surface area contributed by atoms with Crippen LogP contribution in [-0.2, 0) is 16.1 Å². The zero-order valence-corrected chi connectivity index (χ0v) is 10.9. The Morgan fingerprint density at radius 3 is 3.26 bits per heavy atom. The van der Waals surface area contributed by atoms with E-state index >= 15 is 0 Å². The van der Waals surface area contributed by atoms with E-state index < -0.39 is 5.60 Å². The lowest BCUT2D eigenvalue weighted by atomic mass is 10.0. The molecule has 3 heterocycles. The van der Waals surface area contributed by atoms with Crippen LogP contribution in [0, 0.1) is 0 Å². The van der Waals surface area contributed by atoms with Crippen molar-refractivity contribution in [2.45, 2.75) is 31.9 Å². The summed E-state index contributed by atoms with van der Waals surface area (Å²) in [5.41, 5.74) is 1.36. The van der Waals surface area contributed by atoms with Gasteiger partial charge in [-0.25, -0.2) is 4.52 Å². The van der Waals surface area contributed by atoms with Gasteiger partial charge in [0.05, 0.1) is 11.7 Å². The summed E-state index contributed by atoms with van der Waals surface area (Å²) >= 11 is 0. The molecule has 1 fully saturated rings. The Morgan fingerprint density at radius 2 is 2.47 bits per heavy atom. The molecule has 0 saturated carbocycles. The average molecular weight is 259 g/mol. The molecule has 0 unspecified atom stereocenters. The van der Waals surface area contributed by atoms with Gasteiger partial charge in [0, 0.05) is 24.9 Å². The minimum Gasteiger partial charge on any atom is -0.365 e. The molecule has 1 N–H and O–H groups in total. The summed E-state index contributed by atoms with van der Waals surface area (Å²) in [7, 11) is 0. The molecule has 1 amide bonds. The Kier molecular flexibility index (Phi) is 2.98. The lowest BCUT2D eigenvalue weighted by Gasteiger charge is -2.21. The second kappa shape index (κ2) is 4.66. The number of hydrogen-bond donors (Lipinski definition) is 1. The van der Waals surface area contributed by atoms with Gasteiger partial charge in [-0.05, 0) is 31.9 Å². The van der Waals surface area contributed by atoms with Crippen molar-refractivity contribution >= 4 is 11.4 Å². The third-order valence-electron chi connectivity index (χ3n) is 3.64. The van der Waals surface area contributed by atoms with E-state index in [2.05, 4.69) is 10.4 Å². The fraction of sp³-hybridized carbons (Fsp3) is 0.429. The Balaban J connectivity index is 1.71. The monoisotopic (exact) mass is 259 g/mol. The van der Waals surface area contributed by atoms with Gasteiger partial charge < -0.3 is 10.1 Å². The highest BCUT2D eigenvalue weighted by Gasteiger charge is 2.37. The van der Waals surface area contributed by atoms with Crippen LogP contribution in [-0.4, -0.2) is 27.7 Å². The van der Waals surface area contributed by atoms with Gasteiger partial charge >= 0.3 is 0 Å². The predicted molar refractivity (Wildman–Crippen MR) is 70.6 cm³/mol. The largest absolute Gasteiger partial charge is 0.365 e. The molecule has 0 radical (unpaired) electrons. The summed E-state index contributed by atoms with van der Waals surface area (Å²) in [5.74, 6) is -0.0414. The number of hydrogen-bond acceptors (Lipinski definition) is 3. The van der Waals surface area contributed by atoms with E-state index in [1.807, 2.05) is 31.3 Å². The van der Waals surface area contributed by atoms with E-state index in [1.165, 1.54) is 0 Å². The fourth-order valence-corrected chi connectivity index (χ4v) is 2.44. The van der Waals surface area contributed by atoms with E-state index in [4.69, 9.17) is 4.74 Å². The summed E-state index contributed by atoms with van der Waals surface area (Å²) in [6, 6.07) is 5.88. The van der Waals surface area contributed by atoms with Gasteiger partial charge in [-0.3, -0.25) is 4.79 Å². The molecule has 0 spiro atoms. The second-order valence-electron chi connectivity index (χ2n) is 5.07. The van der Waals surface area contributed by atoms with Crippen molar-refractivity contribution in [3.8, 4) is 0 Å². The maximum atomic E-state index is 12.1. The quantitative estimate of drug-likeness (QED) is 0.909. The molecule has 2 aromatic rings. The van der Waals surface area contributed by atoms with E-state index in [0.717, 1.165) is 23.9 Å². The molecule has 0 bridgehead atoms. The van der Waals surface area contributed by atoms with Crippen molar-refractivity contribution in [1.29, 1.82) is 0 Å². The minimum absolute atomic E-state index is 0.0414. The van der Waals surface area contributed by atoms with E-state index in [0.29, 0.717) is 13.2 Å². The Morgan fingerprint density at radius 1 is 1.58 bits per heavy atom. The van der Waals surface area contributed by atoms with Crippen LogP contribution in [0.3, 0.4) is 0 Å². The maximum absolute atomic E-state index is 12.1. The first kappa shape index (κ1) is 12.2. The molecule has 1 aliphatic heterocycles. The van der Waals surface area contributed by atoms with Crippen LogP contribution in [0.25, 0.3) is 5.52 Å². The van der Waals surface area contributed by atoms with Gasteiger partial charge in [0.2, 0.25) is 0 Å². The van der Waals surface area contributed by atoms with Crippen LogP contribution >= 0.6 is 0 Å². The Bertz CT molecular complexity index is 600. The molecule has 0 aliphatic carbocycles.